The number of rotatable bonds is 2. The van der Waals surface area contributed by atoms with Gasteiger partial charge < -0.3 is 9.84 Å². The van der Waals surface area contributed by atoms with E-state index in [1.165, 1.54) is 19.9 Å². The third kappa shape index (κ3) is 2.27. The third-order valence-electron chi connectivity index (χ3n) is 3.54. The summed E-state index contributed by atoms with van der Waals surface area (Å²) in [6.07, 6.45) is -4.45. The number of hydrogen-bond acceptors (Lipinski definition) is 2. The maximum atomic E-state index is 12.7. The zero-order valence-electron chi connectivity index (χ0n) is 10.4. The van der Waals surface area contributed by atoms with Crippen LogP contribution in [0.1, 0.15) is 30.9 Å². The van der Waals surface area contributed by atoms with Gasteiger partial charge in [-0.15, -0.1) is 0 Å². The Hall–Kier alpha value is -1.72. The van der Waals surface area contributed by atoms with Crippen molar-refractivity contribution in [3.63, 3.8) is 0 Å². The van der Waals surface area contributed by atoms with Crippen molar-refractivity contribution in [2.75, 3.05) is 6.61 Å². The van der Waals surface area contributed by atoms with Crippen molar-refractivity contribution < 1.29 is 27.8 Å². The van der Waals surface area contributed by atoms with E-state index in [0.717, 1.165) is 12.1 Å². The van der Waals surface area contributed by atoms with Crippen LogP contribution in [0.5, 0.6) is 5.75 Å². The van der Waals surface area contributed by atoms with Gasteiger partial charge in [-0.1, -0.05) is 0 Å². The van der Waals surface area contributed by atoms with Gasteiger partial charge in [0.05, 0.1) is 17.6 Å². The zero-order valence-corrected chi connectivity index (χ0v) is 10.4. The summed E-state index contributed by atoms with van der Waals surface area (Å²) in [6, 6.07) is 3.17. The SMILES string of the molecule is CC(C)(C(=O)O)C1COc2ccc(C(F)(F)F)cc21. The first-order chi connectivity index (χ1) is 8.64. The maximum absolute atomic E-state index is 12.7. The van der Waals surface area contributed by atoms with E-state index in [0.29, 0.717) is 11.3 Å². The average molecular weight is 274 g/mol. The molecule has 0 aliphatic carbocycles. The van der Waals surface area contributed by atoms with Gasteiger partial charge in [0, 0.05) is 11.5 Å². The number of carboxylic acid groups (broad SMARTS) is 1. The first-order valence-corrected chi connectivity index (χ1v) is 5.71. The Bertz CT molecular complexity index is 520. The smallest absolute Gasteiger partial charge is 0.416 e. The number of carboxylic acids is 1. The molecular weight excluding hydrogens is 261 g/mol. The molecule has 0 amide bonds. The Morgan fingerprint density at radius 2 is 2.00 bits per heavy atom. The largest absolute Gasteiger partial charge is 0.493 e. The summed E-state index contributed by atoms with van der Waals surface area (Å²) < 4.78 is 43.3. The molecule has 19 heavy (non-hydrogen) atoms. The molecule has 1 unspecified atom stereocenters. The fraction of sp³-hybridized carbons (Fsp3) is 0.462. The highest BCUT2D eigenvalue weighted by molar-refractivity contribution is 5.75. The topological polar surface area (TPSA) is 46.5 Å². The minimum Gasteiger partial charge on any atom is -0.493 e. The molecule has 104 valence electrons. The predicted molar refractivity (Wildman–Crippen MR) is 61.1 cm³/mol. The zero-order chi connectivity index (χ0) is 14.4. The van der Waals surface area contributed by atoms with Crippen molar-refractivity contribution >= 4 is 5.97 Å². The standard InChI is InChI=1S/C13H13F3O3/c1-12(2,11(17)18)9-6-19-10-4-3-7(5-8(9)10)13(14,15)16/h3-5,9H,6H2,1-2H3,(H,17,18). The van der Waals surface area contributed by atoms with Gasteiger partial charge in [-0.05, 0) is 32.0 Å². The van der Waals surface area contributed by atoms with E-state index >= 15 is 0 Å². The van der Waals surface area contributed by atoms with E-state index in [9.17, 15) is 23.1 Å². The number of aliphatic carboxylic acids is 1. The van der Waals surface area contributed by atoms with Crippen LogP contribution in [0, 0.1) is 5.41 Å². The molecule has 0 saturated heterocycles. The van der Waals surface area contributed by atoms with Gasteiger partial charge in [-0.2, -0.15) is 13.2 Å². The Labute approximate surface area is 108 Å². The van der Waals surface area contributed by atoms with Crippen molar-refractivity contribution in [2.45, 2.75) is 25.9 Å². The van der Waals surface area contributed by atoms with Crippen molar-refractivity contribution in [1.82, 2.24) is 0 Å². The van der Waals surface area contributed by atoms with E-state index in [1.54, 1.807) is 0 Å². The van der Waals surface area contributed by atoms with Crippen molar-refractivity contribution in [2.24, 2.45) is 5.41 Å². The normalized spacial score (nSPS) is 18.9. The van der Waals surface area contributed by atoms with Crippen LogP contribution in [0.25, 0.3) is 0 Å². The second-order valence-corrected chi connectivity index (χ2v) is 5.14. The summed E-state index contributed by atoms with van der Waals surface area (Å²) >= 11 is 0. The highest BCUT2D eigenvalue weighted by Crippen LogP contribution is 2.46. The van der Waals surface area contributed by atoms with Crippen LogP contribution >= 0.6 is 0 Å². The lowest BCUT2D eigenvalue weighted by molar-refractivity contribution is -0.148. The van der Waals surface area contributed by atoms with Crippen LogP contribution in [0.4, 0.5) is 13.2 Å². The van der Waals surface area contributed by atoms with Gasteiger partial charge in [0.15, 0.2) is 0 Å². The van der Waals surface area contributed by atoms with Crippen LogP contribution in [-0.4, -0.2) is 17.7 Å². The molecule has 1 aromatic rings. The van der Waals surface area contributed by atoms with Crippen LogP contribution in [0.3, 0.4) is 0 Å². The highest BCUT2D eigenvalue weighted by atomic mass is 19.4. The fourth-order valence-corrected chi connectivity index (χ4v) is 2.14. The number of fused-ring (bicyclic) bond motifs is 1. The third-order valence-corrected chi connectivity index (χ3v) is 3.54. The molecule has 2 rings (SSSR count). The number of halogens is 3. The van der Waals surface area contributed by atoms with E-state index < -0.39 is 29.0 Å². The van der Waals surface area contributed by atoms with E-state index in [4.69, 9.17) is 4.74 Å². The molecular formula is C13H13F3O3. The van der Waals surface area contributed by atoms with E-state index in [-0.39, 0.29) is 6.61 Å². The quantitative estimate of drug-likeness (QED) is 0.900. The van der Waals surface area contributed by atoms with E-state index in [1.807, 2.05) is 0 Å². The molecule has 0 saturated carbocycles. The number of ether oxygens (including phenoxy) is 1. The predicted octanol–water partition coefficient (Wildman–Crippen LogP) is 3.29. The second-order valence-electron chi connectivity index (χ2n) is 5.14. The molecule has 1 heterocycles. The molecule has 0 spiro atoms. The first-order valence-electron chi connectivity index (χ1n) is 5.71. The average Bonchev–Trinajstić information content (AvgIpc) is 2.70. The van der Waals surface area contributed by atoms with Crippen LogP contribution in [0.2, 0.25) is 0 Å². The molecule has 1 aliphatic heterocycles. The fourth-order valence-electron chi connectivity index (χ4n) is 2.14. The summed E-state index contributed by atoms with van der Waals surface area (Å²) in [4.78, 5) is 11.2. The Morgan fingerprint density at radius 1 is 1.37 bits per heavy atom. The van der Waals surface area contributed by atoms with Crippen molar-refractivity contribution in [3.8, 4) is 5.75 Å². The van der Waals surface area contributed by atoms with Crippen LogP contribution < -0.4 is 4.74 Å². The number of benzene rings is 1. The number of carbonyl (C=O) groups is 1. The lowest BCUT2D eigenvalue weighted by Gasteiger charge is -2.26. The molecule has 0 radical (unpaired) electrons. The Balaban J connectivity index is 2.47. The van der Waals surface area contributed by atoms with Gasteiger partial charge in [-0.25, -0.2) is 0 Å². The van der Waals surface area contributed by atoms with Crippen LogP contribution in [-0.2, 0) is 11.0 Å². The molecule has 1 aliphatic rings. The maximum Gasteiger partial charge on any atom is 0.416 e. The van der Waals surface area contributed by atoms with Gasteiger partial charge in [0.2, 0.25) is 0 Å². The van der Waals surface area contributed by atoms with Gasteiger partial charge in [0.25, 0.3) is 0 Å². The molecule has 6 heteroatoms. The van der Waals surface area contributed by atoms with E-state index in [2.05, 4.69) is 0 Å². The highest BCUT2D eigenvalue weighted by Gasteiger charge is 2.43. The number of hydrogen-bond donors (Lipinski definition) is 1. The number of alkyl halides is 3. The lowest BCUT2D eigenvalue weighted by Crippen LogP contribution is -2.32. The van der Waals surface area contributed by atoms with Crippen molar-refractivity contribution in [3.05, 3.63) is 29.3 Å². The van der Waals surface area contributed by atoms with Crippen LogP contribution in [0.15, 0.2) is 18.2 Å². The molecule has 1 atom stereocenters. The summed E-state index contributed by atoms with van der Waals surface area (Å²) in [5.41, 5.74) is -1.67. The lowest BCUT2D eigenvalue weighted by atomic mass is 9.76. The molecule has 0 bridgehead atoms. The van der Waals surface area contributed by atoms with Gasteiger partial charge >= 0.3 is 12.1 Å². The monoisotopic (exact) mass is 274 g/mol. The Kier molecular flexibility index (Phi) is 2.99. The van der Waals surface area contributed by atoms with Gasteiger partial charge in [-0.3, -0.25) is 4.79 Å². The summed E-state index contributed by atoms with van der Waals surface area (Å²) in [5, 5.41) is 9.18. The minimum atomic E-state index is -4.45. The second kappa shape index (κ2) is 4.15. The molecule has 3 nitrogen and oxygen atoms in total. The molecule has 1 N–H and O–H groups in total. The summed E-state index contributed by atoms with van der Waals surface area (Å²) in [5.74, 6) is -1.33. The molecule has 1 aromatic carbocycles. The summed E-state index contributed by atoms with van der Waals surface area (Å²) in [6.45, 7) is 3.05. The van der Waals surface area contributed by atoms with Crippen molar-refractivity contribution in [1.29, 1.82) is 0 Å². The van der Waals surface area contributed by atoms with Gasteiger partial charge in [0.1, 0.15) is 5.75 Å². The molecule has 0 fully saturated rings. The first kappa shape index (κ1) is 13.7. The summed E-state index contributed by atoms with van der Waals surface area (Å²) in [7, 11) is 0. The minimum absolute atomic E-state index is 0.0793. The molecule has 0 aromatic heterocycles. The Morgan fingerprint density at radius 3 is 2.53 bits per heavy atom.